The zero-order valence-corrected chi connectivity index (χ0v) is 17.0. The van der Waals surface area contributed by atoms with E-state index in [1.807, 2.05) is 30.3 Å². The molecule has 0 amide bonds. The third-order valence-corrected chi connectivity index (χ3v) is 4.50. The molecule has 1 atom stereocenters. The Kier molecular flexibility index (Phi) is 15.7. The fourth-order valence-corrected chi connectivity index (χ4v) is 2.66. The highest BCUT2D eigenvalue weighted by molar-refractivity contribution is 5.48. The fourth-order valence-electron chi connectivity index (χ4n) is 2.66. The van der Waals surface area contributed by atoms with E-state index in [0.29, 0.717) is 0 Å². The quantitative estimate of drug-likeness (QED) is 0.353. The maximum Gasteiger partial charge on any atom is 0.119 e. The van der Waals surface area contributed by atoms with Crippen molar-refractivity contribution < 1.29 is 9.90 Å². The Hall–Kier alpha value is -1.67. The number of aliphatic hydroxyl groups excluding tert-OH is 1. The number of aldehydes is 1. The van der Waals surface area contributed by atoms with Gasteiger partial charge in [0.1, 0.15) is 6.29 Å². The van der Waals surface area contributed by atoms with Crippen molar-refractivity contribution in [2.24, 2.45) is 5.92 Å². The number of hydrogen-bond acceptors (Lipinski definition) is 2. The molecule has 0 aromatic heterocycles. The molecule has 1 aromatic carbocycles. The van der Waals surface area contributed by atoms with Gasteiger partial charge in [0, 0.05) is 13.0 Å². The van der Waals surface area contributed by atoms with Crippen LogP contribution in [0.3, 0.4) is 0 Å². The molecule has 1 N–H and O–H groups in total. The minimum atomic E-state index is 0.240. The Morgan fingerprint density at radius 2 is 1.96 bits per heavy atom. The molecule has 0 radical (unpaired) electrons. The van der Waals surface area contributed by atoms with Crippen LogP contribution in [0.15, 0.2) is 54.1 Å². The Morgan fingerprint density at radius 1 is 1.27 bits per heavy atom. The van der Waals surface area contributed by atoms with Crippen molar-refractivity contribution in [3.63, 3.8) is 0 Å². The maximum absolute atomic E-state index is 9.68. The first-order valence-electron chi connectivity index (χ1n) is 9.94. The molecule has 0 saturated heterocycles. The van der Waals surface area contributed by atoms with Crippen molar-refractivity contribution in [1.29, 1.82) is 0 Å². The first-order chi connectivity index (χ1) is 12.5. The van der Waals surface area contributed by atoms with Crippen LogP contribution in [0.1, 0.15) is 71.3 Å². The number of rotatable bonds is 7. The smallest absolute Gasteiger partial charge is 0.119 e. The van der Waals surface area contributed by atoms with E-state index in [1.165, 1.54) is 43.2 Å². The molecule has 0 saturated carbocycles. The van der Waals surface area contributed by atoms with Gasteiger partial charge in [0.05, 0.1) is 0 Å². The molecule has 1 aromatic rings. The van der Waals surface area contributed by atoms with E-state index in [1.54, 1.807) is 5.57 Å². The summed E-state index contributed by atoms with van der Waals surface area (Å²) in [7, 11) is 0. The standard InChI is InChI=1S/C10H16.C8H10O.C6H12O/c1-8(2)10-6-4-9(3)5-7-10;9-7-6-8-4-2-1-3-5-8;1-2-3-4-5-6-7/h4,10H,1,5-7H2,2-3H3;1-5,9H,6-7H2;6H,2-5H2,1H3/t10-;;/m0../s1. The zero-order chi connectivity index (χ0) is 19.6. The lowest BCUT2D eigenvalue weighted by molar-refractivity contribution is -0.107. The van der Waals surface area contributed by atoms with Gasteiger partial charge < -0.3 is 9.90 Å². The molecule has 26 heavy (non-hydrogen) atoms. The average Bonchev–Trinajstić information content (AvgIpc) is 2.65. The van der Waals surface area contributed by atoms with Gasteiger partial charge in [0.25, 0.3) is 0 Å². The van der Waals surface area contributed by atoms with Crippen LogP contribution in [0.2, 0.25) is 0 Å². The highest BCUT2D eigenvalue weighted by Crippen LogP contribution is 2.27. The summed E-state index contributed by atoms with van der Waals surface area (Å²) in [4.78, 5) is 9.68. The molecule has 2 rings (SSSR count). The topological polar surface area (TPSA) is 37.3 Å². The first-order valence-corrected chi connectivity index (χ1v) is 9.94. The number of carbonyl (C=O) groups is 1. The molecule has 1 aliphatic rings. The molecule has 0 aliphatic heterocycles. The van der Waals surface area contributed by atoms with Crippen LogP contribution in [0.25, 0.3) is 0 Å². The van der Waals surface area contributed by atoms with Crippen LogP contribution < -0.4 is 0 Å². The van der Waals surface area contributed by atoms with E-state index in [-0.39, 0.29) is 6.61 Å². The van der Waals surface area contributed by atoms with Crippen molar-refractivity contribution in [1.82, 2.24) is 0 Å². The predicted octanol–water partition coefficient (Wildman–Crippen LogP) is 6.30. The largest absolute Gasteiger partial charge is 0.396 e. The van der Waals surface area contributed by atoms with Crippen molar-refractivity contribution in [2.45, 2.75) is 72.1 Å². The Balaban J connectivity index is 0.000000368. The van der Waals surface area contributed by atoms with E-state index >= 15 is 0 Å². The summed E-state index contributed by atoms with van der Waals surface area (Å²) in [5, 5.41) is 8.52. The lowest BCUT2D eigenvalue weighted by Crippen LogP contribution is -2.04. The summed E-state index contributed by atoms with van der Waals surface area (Å²) in [6, 6.07) is 9.95. The van der Waals surface area contributed by atoms with Gasteiger partial charge in [-0.1, -0.05) is 73.9 Å². The third-order valence-electron chi connectivity index (χ3n) is 4.50. The summed E-state index contributed by atoms with van der Waals surface area (Å²) in [6.45, 7) is 10.7. The highest BCUT2D eigenvalue weighted by Gasteiger charge is 2.11. The fraction of sp³-hybridized carbons (Fsp3) is 0.542. The van der Waals surface area contributed by atoms with E-state index in [4.69, 9.17) is 5.11 Å². The van der Waals surface area contributed by atoms with Gasteiger partial charge in [0.15, 0.2) is 0 Å². The van der Waals surface area contributed by atoms with Gasteiger partial charge >= 0.3 is 0 Å². The lowest BCUT2D eigenvalue weighted by Gasteiger charge is -2.19. The molecule has 2 heteroatoms. The van der Waals surface area contributed by atoms with Gasteiger partial charge in [0.2, 0.25) is 0 Å². The van der Waals surface area contributed by atoms with Crippen molar-refractivity contribution >= 4 is 6.29 Å². The van der Waals surface area contributed by atoms with Crippen LogP contribution in [-0.2, 0) is 11.2 Å². The van der Waals surface area contributed by atoms with E-state index < -0.39 is 0 Å². The number of benzene rings is 1. The van der Waals surface area contributed by atoms with Crippen molar-refractivity contribution in [3.8, 4) is 0 Å². The monoisotopic (exact) mass is 358 g/mol. The van der Waals surface area contributed by atoms with Gasteiger partial charge in [-0.15, -0.1) is 0 Å². The van der Waals surface area contributed by atoms with Gasteiger partial charge in [-0.2, -0.15) is 0 Å². The number of carbonyl (C=O) groups excluding carboxylic acids is 1. The molecule has 0 bridgehead atoms. The predicted molar refractivity (Wildman–Crippen MR) is 113 cm³/mol. The van der Waals surface area contributed by atoms with E-state index in [0.717, 1.165) is 31.5 Å². The SMILES string of the molecule is C=C(C)[C@H]1CC=C(C)CC1.CCCCCC=O.OCCc1ccccc1. The second-order valence-corrected chi connectivity index (χ2v) is 6.99. The minimum Gasteiger partial charge on any atom is -0.396 e. The van der Waals surface area contributed by atoms with Gasteiger partial charge in [-0.25, -0.2) is 0 Å². The number of aliphatic hydroxyl groups is 1. The molecule has 1 aliphatic carbocycles. The summed E-state index contributed by atoms with van der Waals surface area (Å²) < 4.78 is 0. The number of allylic oxidation sites excluding steroid dienone is 3. The molecule has 0 fully saturated rings. The maximum atomic E-state index is 9.68. The van der Waals surface area contributed by atoms with Gasteiger partial charge in [-0.05, 0) is 57.4 Å². The minimum absolute atomic E-state index is 0.240. The average molecular weight is 359 g/mol. The second-order valence-electron chi connectivity index (χ2n) is 6.99. The van der Waals surface area contributed by atoms with Crippen LogP contribution in [0, 0.1) is 5.92 Å². The normalized spacial score (nSPS) is 15.5. The van der Waals surface area contributed by atoms with Crippen LogP contribution >= 0.6 is 0 Å². The van der Waals surface area contributed by atoms with Crippen LogP contribution in [0.4, 0.5) is 0 Å². The summed E-state index contributed by atoms with van der Waals surface area (Å²) in [5.74, 6) is 0.767. The summed E-state index contributed by atoms with van der Waals surface area (Å²) in [5.41, 5.74) is 4.10. The Morgan fingerprint density at radius 3 is 2.42 bits per heavy atom. The van der Waals surface area contributed by atoms with Crippen LogP contribution in [0.5, 0.6) is 0 Å². The molecular weight excluding hydrogens is 320 g/mol. The highest BCUT2D eigenvalue weighted by atomic mass is 16.2. The molecule has 0 heterocycles. The van der Waals surface area contributed by atoms with E-state index in [2.05, 4.69) is 33.4 Å². The first kappa shape index (κ1) is 24.3. The van der Waals surface area contributed by atoms with Crippen molar-refractivity contribution in [3.05, 3.63) is 59.7 Å². The summed E-state index contributed by atoms with van der Waals surface area (Å²) >= 11 is 0. The van der Waals surface area contributed by atoms with Crippen LogP contribution in [-0.4, -0.2) is 18.0 Å². The molecule has 0 unspecified atom stereocenters. The van der Waals surface area contributed by atoms with E-state index in [9.17, 15) is 4.79 Å². The molecular formula is C24H38O2. The summed E-state index contributed by atoms with van der Waals surface area (Å²) in [6.07, 6.45) is 12.1. The molecule has 146 valence electrons. The van der Waals surface area contributed by atoms with Crippen molar-refractivity contribution in [2.75, 3.05) is 6.61 Å². The third kappa shape index (κ3) is 13.6. The second kappa shape index (κ2) is 16.8. The Bertz CT molecular complexity index is 502. The number of unbranched alkanes of at least 4 members (excludes halogenated alkanes) is 3. The molecule has 2 nitrogen and oxygen atoms in total. The lowest BCUT2D eigenvalue weighted by atomic mass is 9.86. The zero-order valence-electron chi connectivity index (χ0n) is 17.0. The number of hydrogen-bond donors (Lipinski definition) is 1. The Labute approximate surface area is 161 Å². The molecule has 0 spiro atoms. The van der Waals surface area contributed by atoms with Gasteiger partial charge in [-0.3, -0.25) is 0 Å².